The van der Waals surface area contributed by atoms with E-state index in [1.807, 2.05) is 24.3 Å². The van der Waals surface area contributed by atoms with Gasteiger partial charge in [-0.3, -0.25) is 9.98 Å². The van der Waals surface area contributed by atoms with Crippen LogP contribution in [-0.4, -0.2) is 24.5 Å². The molecule has 2 heterocycles. The molecule has 3 nitrogen and oxygen atoms in total. The molecular formula is C21H17F3N2O. The molecule has 0 unspecified atom stereocenters. The average Bonchev–Trinajstić information content (AvgIpc) is 2.68. The molecule has 0 aromatic heterocycles. The Kier molecular flexibility index (Phi) is 4.13. The molecule has 2 aromatic carbocycles. The number of para-hydroxylation sites is 1. The lowest BCUT2D eigenvalue weighted by molar-refractivity contribution is -0.137. The highest BCUT2D eigenvalue weighted by Crippen LogP contribution is 2.42. The number of ether oxygens (including phenoxy) is 1. The maximum Gasteiger partial charge on any atom is 0.416 e. The van der Waals surface area contributed by atoms with Gasteiger partial charge in [-0.05, 0) is 24.3 Å². The number of rotatable bonds is 3. The van der Waals surface area contributed by atoms with Crippen LogP contribution in [0.1, 0.15) is 23.1 Å². The van der Waals surface area contributed by atoms with Crippen LogP contribution in [0.3, 0.4) is 0 Å². The van der Waals surface area contributed by atoms with Crippen LogP contribution in [-0.2, 0) is 11.8 Å². The summed E-state index contributed by atoms with van der Waals surface area (Å²) in [6.07, 6.45) is -2.33. The zero-order valence-electron chi connectivity index (χ0n) is 14.5. The number of fused-ring (bicyclic) bond motifs is 3. The van der Waals surface area contributed by atoms with Crippen molar-refractivity contribution >= 4 is 11.4 Å². The van der Waals surface area contributed by atoms with Crippen molar-refractivity contribution in [1.29, 1.82) is 0 Å². The van der Waals surface area contributed by atoms with Crippen molar-refractivity contribution in [3.05, 3.63) is 77.9 Å². The lowest BCUT2D eigenvalue weighted by Gasteiger charge is -2.41. The fourth-order valence-electron chi connectivity index (χ4n) is 3.58. The highest BCUT2D eigenvalue weighted by Gasteiger charge is 2.47. The maximum absolute atomic E-state index is 13.0. The molecule has 1 atom stereocenters. The summed E-state index contributed by atoms with van der Waals surface area (Å²) in [6.45, 7) is 4.91. The highest BCUT2D eigenvalue weighted by atomic mass is 19.4. The second-order valence-corrected chi connectivity index (χ2v) is 6.45. The Labute approximate surface area is 154 Å². The van der Waals surface area contributed by atoms with Gasteiger partial charge in [-0.1, -0.05) is 30.3 Å². The first-order valence-electron chi connectivity index (χ1n) is 8.62. The number of halogens is 3. The van der Waals surface area contributed by atoms with Crippen LogP contribution >= 0.6 is 0 Å². The van der Waals surface area contributed by atoms with Gasteiger partial charge in [-0.25, -0.2) is 0 Å². The smallest absolute Gasteiger partial charge is 0.416 e. The number of hydrogen-bond acceptors (Lipinski definition) is 3. The largest absolute Gasteiger partial charge is 0.475 e. The Balaban J connectivity index is 1.90. The summed E-state index contributed by atoms with van der Waals surface area (Å²) in [5, 5.41) is 0. The fraction of sp³-hybridized carbons (Fsp3) is 0.238. The van der Waals surface area contributed by atoms with Crippen LogP contribution in [0.5, 0.6) is 5.75 Å². The van der Waals surface area contributed by atoms with Gasteiger partial charge in [0.25, 0.3) is 0 Å². The Morgan fingerprint density at radius 3 is 2.44 bits per heavy atom. The topological polar surface area (TPSA) is 34.0 Å². The van der Waals surface area contributed by atoms with Crippen molar-refractivity contribution in [1.82, 2.24) is 0 Å². The van der Waals surface area contributed by atoms with Crippen molar-refractivity contribution in [2.24, 2.45) is 9.98 Å². The number of hydrogen-bond donors (Lipinski definition) is 0. The molecule has 4 rings (SSSR count). The molecule has 2 aliphatic heterocycles. The van der Waals surface area contributed by atoms with Crippen molar-refractivity contribution in [3.63, 3.8) is 0 Å². The first kappa shape index (κ1) is 17.5. The van der Waals surface area contributed by atoms with Gasteiger partial charge in [0.1, 0.15) is 11.5 Å². The summed E-state index contributed by atoms with van der Waals surface area (Å²) in [4.78, 5) is 9.31. The zero-order chi connectivity index (χ0) is 19.1. The SMILES string of the molecule is C=CC[C@@]1(c2ccc(C(F)(F)F)cc2)Oc2ccccc2C2=NCCN=C21. The Hall–Kier alpha value is -2.89. The minimum atomic E-state index is -4.39. The second-order valence-electron chi connectivity index (χ2n) is 6.45. The zero-order valence-corrected chi connectivity index (χ0v) is 14.5. The van der Waals surface area contributed by atoms with E-state index >= 15 is 0 Å². The molecule has 0 aliphatic carbocycles. The van der Waals surface area contributed by atoms with Gasteiger partial charge in [0, 0.05) is 17.5 Å². The van der Waals surface area contributed by atoms with E-state index in [2.05, 4.69) is 16.6 Å². The molecule has 0 saturated carbocycles. The van der Waals surface area contributed by atoms with E-state index in [9.17, 15) is 13.2 Å². The first-order chi connectivity index (χ1) is 13.0. The number of nitrogens with zero attached hydrogens (tertiary/aromatic N) is 2. The third-order valence-corrected chi connectivity index (χ3v) is 4.78. The van der Waals surface area contributed by atoms with Gasteiger partial charge in [0.05, 0.1) is 24.4 Å². The van der Waals surface area contributed by atoms with E-state index < -0.39 is 17.3 Å². The molecule has 27 heavy (non-hydrogen) atoms. The van der Waals surface area contributed by atoms with Gasteiger partial charge in [-0.2, -0.15) is 13.2 Å². The van der Waals surface area contributed by atoms with Crippen LogP contribution in [0.2, 0.25) is 0 Å². The van der Waals surface area contributed by atoms with Crippen LogP contribution in [0.15, 0.2) is 71.2 Å². The number of alkyl halides is 3. The van der Waals surface area contributed by atoms with Gasteiger partial charge in [0.15, 0.2) is 5.60 Å². The van der Waals surface area contributed by atoms with E-state index in [0.29, 0.717) is 36.5 Å². The molecule has 0 saturated heterocycles. The monoisotopic (exact) mass is 370 g/mol. The minimum Gasteiger partial charge on any atom is -0.475 e. The Morgan fingerprint density at radius 1 is 1.04 bits per heavy atom. The summed E-state index contributed by atoms with van der Waals surface area (Å²) < 4.78 is 45.3. The summed E-state index contributed by atoms with van der Waals surface area (Å²) in [5.41, 5.74) is 1.09. The fourth-order valence-corrected chi connectivity index (χ4v) is 3.58. The molecule has 0 spiro atoms. The average molecular weight is 370 g/mol. The summed E-state index contributed by atoms with van der Waals surface area (Å²) in [5.74, 6) is 0.638. The van der Waals surface area contributed by atoms with Gasteiger partial charge in [-0.15, -0.1) is 6.58 Å². The first-order valence-corrected chi connectivity index (χ1v) is 8.62. The molecule has 2 aromatic rings. The van der Waals surface area contributed by atoms with Crippen molar-refractivity contribution in [2.75, 3.05) is 13.1 Å². The molecule has 2 aliphatic rings. The Morgan fingerprint density at radius 2 is 1.74 bits per heavy atom. The van der Waals surface area contributed by atoms with E-state index in [0.717, 1.165) is 23.4 Å². The summed E-state index contributed by atoms with van der Waals surface area (Å²) in [7, 11) is 0. The van der Waals surface area contributed by atoms with Crippen molar-refractivity contribution in [2.45, 2.75) is 18.2 Å². The van der Waals surface area contributed by atoms with Crippen LogP contribution in [0, 0.1) is 0 Å². The van der Waals surface area contributed by atoms with E-state index in [1.165, 1.54) is 12.1 Å². The quantitative estimate of drug-likeness (QED) is 0.714. The molecule has 0 fully saturated rings. The molecular weight excluding hydrogens is 353 g/mol. The molecule has 0 amide bonds. The Bertz CT molecular complexity index is 945. The number of benzene rings is 2. The van der Waals surface area contributed by atoms with E-state index in [4.69, 9.17) is 4.74 Å². The van der Waals surface area contributed by atoms with Gasteiger partial charge >= 0.3 is 6.18 Å². The predicted molar refractivity (Wildman–Crippen MR) is 98.7 cm³/mol. The summed E-state index contributed by atoms with van der Waals surface area (Å²) in [6, 6.07) is 12.6. The molecule has 0 radical (unpaired) electrons. The molecule has 0 bridgehead atoms. The minimum absolute atomic E-state index is 0.366. The van der Waals surface area contributed by atoms with Crippen LogP contribution in [0.25, 0.3) is 0 Å². The third kappa shape index (κ3) is 2.85. The van der Waals surface area contributed by atoms with E-state index in [-0.39, 0.29) is 0 Å². The van der Waals surface area contributed by atoms with E-state index in [1.54, 1.807) is 6.08 Å². The lowest BCUT2D eigenvalue weighted by Crippen LogP contribution is -2.50. The standard InChI is InChI=1S/C21H17F3N2O/c1-2-11-20(14-7-9-15(10-8-14)21(22,23)24)19-18(25-12-13-26-19)16-5-3-4-6-17(16)27-20/h2-10H,1,11-13H2/t20-/m0/s1. The lowest BCUT2D eigenvalue weighted by atomic mass is 9.78. The third-order valence-electron chi connectivity index (χ3n) is 4.78. The predicted octanol–water partition coefficient (Wildman–Crippen LogP) is 4.81. The maximum atomic E-state index is 13.0. The van der Waals surface area contributed by atoms with Crippen molar-refractivity contribution in [3.8, 4) is 5.75 Å². The van der Waals surface area contributed by atoms with Crippen LogP contribution < -0.4 is 4.74 Å². The highest BCUT2D eigenvalue weighted by molar-refractivity contribution is 6.52. The van der Waals surface area contributed by atoms with Crippen LogP contribution in [0.4, 0.5) is 13.2 Å². The summed E-state index contributed by atoms with van der Waals surface area (Å²) >= 11 is 0. The molecule has 0 N–H and O–H groups in total. The normalized spacial score (nSPS) is 21.3. The van der Waals surface area contributed by atoms with Gasteiger partial charge < -0.3 is 4.74 Å². The molecule has 138 valence electrons. The van der Waals surface area contributed by atoms with Gasteiger partial charge in [0.2, 0.25) is 0 Å². The van der Waals surface area contributed by atoms with Crippen molar-refractivity contribution < 1.29 is 17.9 Å². The number of aliphatic imine (C=N–C) groups is 2. The second kappa shape index (κ2) is 6.37. The molecule has 6 heteroatoms.